The molecule has 0 aromatic heterocycles. The SMILES string of the molecule is CC1=NC=CC2=NC(=O)C=CC12. The van der Waals surface area contributed by atoms with Crippen molar-refractivity contribution in [1.82, 2.24) is 0 Å². The van der Waals surface area contributed by atoms with Crippen LogP contribution in [0, 0.1) is 5.92 Å². The van der Waals surface area contributed by atoms with Crippen molar-refractivity contribution in [3.63, 3.8) is 0 Å². The number of amides is 1. The molecule has 0 bridgehead atoms. The summed E-state index contributed by atoms with van der Waals surface area (Å²) in [6.07, 6.45) is 6.79. The molecule has 0 saturated heterocycles. The molecule has 0 spiro atoms. The maximum Gasteiger partial charge on any atom is 0.269 e. The van der Waals surface area contributed by atoms with Crippen molar-refractivity contribution in [3.8, 4) is 0 Å². The van der Waals surface area contributed by atoms with Crippen LogP contribution in [0.1, 0.15) is 6.92 Å². The zero-order valence-corrected chi connectivity index (χ0v) is 6.69. The van der Waals surface area contributed by atoms with Crippen LogP contribution in [0.2, 0.25) is 0 Å². The first kappa shape index (κ1) is 7.16. The van der Waals surface area contributed by atoms with Gasteiger partial charge in [0.1, 0.15) is 0 Å². The third-order valence-electron chi connectivity index (χ3n) is 1.96. The predicted molar refractivity (Wildman–Crippen MR) is 47.3 cm³/mol. The van der Waals surface area contributed by atoms with E-state index in [4.69, 9.17) is 0 Å². The van der Waals surface area contributed by atoms with E-state index in [1.807, 2.05) is 13.0 Å². The summed E-state index contributed by atoms with van der Waals surface area (Å²) >= 11 is 0. The topological polar surface area (TPSA) is 41.8 Å². The van der Waals surface area contributed by atoms with E-state index in [9.17, 15) is 4.79 Å². The zero-order chi connectivity index (χ0) is 8.55. The molecule has 0 radical (unpaired) electrons. The van der Waals surface area contributed by atoms with Gasteiger partial charge in [-0.2, -0.15) is 0 Å². The van der Waals surface area contributed by atoms with E-state index >= 15 is 0 Å². The molecular weight excluding hydrogens is 152 g/mol. The van der Waals surface area contributed by atoms with E-state index in [-0.39, 0.29) is 11.8 Å². The van der Waals surface area contributed by atoms with Gasteiger partial charge in [-0.05, 0) is 13.0 Å². The number of carbonyl (C=O) groups excluding carboxylic acids is 1. The van der Waals surface area contributed by atoms with Crippen molar-refractivity contribution >= 4 is 17.3 Å². The first-order chi connectivity index (χ1) is 5.77. The highest BCUT2D eigenvalue weighted by atomic mass is 16.1. The second kappa shape index (κ2) is 2.52. The lowest BCUT2D eigenvalue weighted by atomic mass is 9.94. The van der Waals surface area contributed by atoms with E-state index in [2.05, 4.69) is 9.98 Å². The van der Waals surface area contributed by atoms with Gasteiger partial charge in [0.15, 0.2) is 0 Å². The average Bonchev–Trinajstić information content (AvgIpc) is 2.04. The Morgan fingerprint density at radius 3 is 3.08 bits per heavy atom. The fourth-order valence-corrected chi connectivity index (χ4v) is 1.32. The second-order valence-corrected chi connectivity index (χ2v) is 2.80. The van der Waals surface area contributed by atoms with Crippen LogP contribution >= 0.6 is 0 Å². The molecule has 1 amide bonds. The summed E-state index contributed by atoms with van der Waals surface area (Å²) in [5.41, 5.74) is 1.79. The molecule has 3 nitrogen and oxygen atoms in total. The quantitative estimate of drug-likeness (QED) is 0.523. The molecule has 2 heterocycles. The number of nitrogens with zero attached hydrogens (tertiary/aromatic N) is 2. The summed E-state index contributed by atoms with van der Waals surface area (Å²) in [7, 11) is 0. The minimum Gasteiger partial charge on any atom is -0.267 e. The molecule has 0 saturated carbocycles. The van der Waals surface area contributed by atoms with E-state index in [1.54, 1.807) is 12.3 Å². The van der Waals surface area contributed by atoms with Crippen molar-refractivity contribution in [1.29, 1.82) is 0 Å². The second-order valence-electron chi connectivity index (χ2n) is 2.80. The van der Waals surface area contributed by atoms with Crippen molar-refractivity contribution in [2.75, 3.05) is 0 Å². The average molecular weight is 160 g/mol. The van der Waals surface area contributed by atoms with Crippen molar-refractivity contribution in [3.05, 3.63) is 24.4 Å². The first-order valence-electron chi connectivity index (χ1n) is 3.79. The van der Waals surface area contributed by atoms with Crippen LogP contribution in [-0.2, 0) is 4.79 Å². The van der Waals surface area contributed by atoms with E-state index in [1.165, 1.54) is 6.08 Å². The Balaban J connectivity index is 2.42. The molecule has 0 aromatic rings. The lowest BCUT2D eigenvalue weighted by molar-refractivity contribution is -0.113. The predicted octanol–water partition coefficient (Wildman–Crippen LogP) is 1.13. The molecule has 2 aliphatic rings. The van der Waals surface area contributed by atoms with Gasteiger partial charge >= 0.3 is 0 Å². The lowest BCUT2D eigenvalue weighted by Crippen LogP contribution is -2.24. The van der Waals surface area contributed by atoms with Gasteiger partial charge in [0.2, 0.25) is 0 Å². The first-order valence-corrected chi connectivity index (χ1v) is 3.79. The third kappa shape index (κ3) is 1.03. The molecule has 0 N–H and O–H groups in total. The van der Waals surface area contributed by atoms with E-state index < -0.39 is 0 Å². The van der Waals surface area contributed by atoms with Crippen LogP contribution in [0.3, 0.4) is 0 Å². The monoisotopic (exact) mass is 160 g/mol. The molecule has 1 unspecified atom stereocenters. The largest absolute Gasteiger partial charge is 0.269 e. The van der Waals surface area contributed by atoms with Crippen LogP contribution < -0.4 is 0 Å². The van der Waals surface area contributed by atoms with Gasteiger partial charge in [0.05, 0.1) is 11.6 Å². The zero-order valence-electron chi connectivity index (χ0n) is 6.69. The van der Waals surface area contributed by atoms with Crippen LogP contribution in [0.15, 0.2) is 34.4 Å². The maximum atomic E-state index is 10.9. The molecule has 3 heteroatoms. The summed E-state index contributed by atoms with van der Waals surface area (Å²) in [4.78, 5) is 18.9. The van der Waals surface area contributed by atoms with E-state index in [0.29, 0.717) is 0 Å². The van der Waals surface area contributed by atoms with Gasteiger partial charge in [-0.25, -0.2) is 4.99 Å². The Labute approximate surface area is 70.2 Å². The summed E-state index contributed by atoms with van der Waals surface area (Å²) in [5.74, 6) is -0.0618. The summed E-state index contributed by atoms with van der Waals surface area (Å²) in [6, 6.07) is 0. The molecule has 0 aromatic carbocycles. The van der Waals surface area contributed by atoms with Gasteiger partial charge in [-0.15, -0.1) is 0 Å². The molecule has 2 aliphatic heterocycles. The van der Waals surface area contributed by atoms with Gasteiger partial charge in [0, 0.05) is 18.0 Å². The lowest BCUT2D eigenvalue weighted by Gasteiger charge is -2.17. The van der Waals surface area contributed by atoms with Crippen LogP contribution in [0.25, 0.3) is 0 Å². The molecule has 1 atom stereocenters. The smallest absolute Gasteiger partial charge is 0.267 e. The maximum absolute atomic E-state index is 10.9. The number of dihydropyridines is 1. The minimum atomic E-state index is -0.180. The van der Waals surface area contributed by atoms with Crippen molar-refractivity contribution in [2.45, 2.75) is 6.92 Å². The summed E-state index contributed by atoms with van der Waals surface area (Å²) < 4.78 is 0. The van der Waals surface area contributed by atoms with Crippen LogP contribution in [-0.4, -0.2) is 17.3 Å². The Morgan fingerprint density at radius 1 is 1.42 bits per heavy atom. The normalized spacial score (nSPS) is 26.4. The molecule has 60 valence electrons. The molecule has 0 aliphatic carbocycles. The highest BCUT2D eigenvalue weighted by Gasteiger charge is 2.20. The summed E-state index contributed by atoms with van der Waals surface area (Å²) in [5, 5.41) is 0. The Morgan fingerprint density at radius 2 is 2.25 bits per heavy atom. The van der Waals surface area contributed by atoms with E-state index in [0.717, 1.165) is 11.4 Å². The highest BCUT2D eigenvalue weighted by molar-refractivity contribution is 6.20. The van der Waals surface area contributed by atoms with Crippen LogP contribution in [0.4, 0.5) is 0 Å². The van der Waals surface area contributed by atoms with Crippen LogP contribution in [0.5, 0.6) is 0 Å². The number of rotatable bonds is 0. The van der Waals surface area contributed by atoms with Gasteiger partial charge in [-0.1, -0.05) is 6.08 Å². The number of hydrogen-bond donors (Lipinski definition) is 0. The standard InChI is InChI=1S/C9H8N2O/c1-6-7-2-3-9(12)11-8(7)4-5-10-6/h2-5,7H,1H3. The number of hydrogen-bond acceptors (Lipinski definition) is 2. The fraction of sp³-hybridized carbons (Fsp3) is 0.222. The molecular formula is C9H8N2O. The number of fused-ring (bicyclic) bond motifs is 1. The van der Waals surface area contributed by atoms with Gasteiger partial charge in [0.25, 0.3) is 5.91 Å². The minimum absolute atomic E-state index is 0.118. The molecule has 12 heavy (non-hydrogen) atoms. The number of allylic oxidation sites excluding steroid dienone is 2. The number of carbonyl (C=O) groups is 1. The highest BCUT2D eigenvalue weighted by Crippen LogP contribution is 2.15. The van der Waals surface area contributed by atoms with Crippen molar-refractivity contribution in [2.24, 2.45) is 15.9 Å². The number of aliphatic imine (C=N–C) groups is 2. The summed E-state index contributed by atoms with van der Waals surface area (Å²) in [6.45, 7) is 1.93. The third-order valence-corrected chi connectivity index (χ3v) is 1.96. The van der Waals surface area contributed by atoms with Gasteiger partial charge < -0.3 is 0 Å². The van der Waals surface area contributed by atoms with Gasteiger partial charge in [-0.3, -0.25) is 9.79 Å². The molecule has 0 fully saturated rings. The Bertz CT molecular complexity index is 348. The Kier molecular flexibility index (Phi) is 1.50. The van der Waals surface area contributed by atoms with Crippen molar-refractivity contribution < 1.29 is 4.79 Å². The Hall–Kier alpha value is -1.51. The molecule has 2 rings (SSSR count). The fourth-order valence-electron chi connectivity index (χ4n) is 1.32.